The Hall–Kier alpha value is -1.27. The van der Waals surface area contributed by atoms with E-state index in [4.69, 9.17) is 14.6 Å². The van der Waals surface area contributed by atoms with Crippen molar-refractivity contribution in [1.29, 1.82) is 0 Å². The van der Waals surface area contributed by atoms with Crippen molar-refractivity contribution in [1.82, 2.24) is 0 Å². The fraction of sp³-hybridized carbons (Fsp3) is 0.885. The molecule has 1 saturated heterocycles. The van der Waals surface area contributed by atoms with Gasteiger partial charge in [0.25, 0.3) is 0 Å². The molecule has 6 nitrogen and oxygen atoms in total. The molecule has 5 fully saturated rings. The maximum Gasteiger partial charge on any atom is 0.303 e. The average molecular weight is 447 g/mol. The lowest BCUT2D eigenvalue weighted by Gasteiger charge is -2.60. The van der Waals surface area contributed by atoms with E-state index in [1.54, 1.807) is 0 Å². The number of hydrogen-bond acceptors (Lipinski definition) is 5. The summed E-state index contributed by atoms with van der Waals surface area (Å²) in [6, 6.07) is 0. The molecule has 0 bridgehead atoms. The van der Waals surface area contributed by atoms with E-state index in [1.165, 1.54) is 0 Å². The Kier molecular flexibility index (Phi) is 5.37. The Morgan fingerprint density at radius 2 is 1.81 bits per heavy atom. The van der Waals surface area contributed by atoms with E-state index in [2.05, 4.69) is 20.8 Å². The Balaban J connectivity index is 1.41. The van der Waals surface area contributed by atoms with Gasteiger partial charge in [0, 0.05) is 43.4 Å². The largest absolute Gasteiger partial charge is 0.481 e. The van der Waals surface area contributed by atoms with Crippen LogP contribution in [-0.2, 0) is 23.9 Å². The topological polar surface area (TPSA) is 89.9 Å². The molecule has 0 aromatic heterocycles. The van der Waals surface area contributed by atoms with E-state index < -0.39 is 17.2 Å². The molecular formula is C26H38O6. The molecule has 1 aliphatic heterocycles. The van der Waals surface area contributed by atoms with Gasteiger partial charge in [-0.25, -0.2) is 0 Å². The van der Waals surface area contributed by atoms with Gasteiger partial charge in [0.05, 0.1) is 13.2 Å². The van der Waals surface area contributed by atoms with Gasteiger partial charge in [-0.3, -0.25) is 14.4 Å². The first-order valence-electron chi connectivity index (χ1n) is 12.7. The fourth-order valence-electron chi connectivity index (χ4n) is 8.85. The quantitative estimate of drug-likeness (QED) is 0.694. The van der Waals surface area contributed by atoms with Crippen LogP contribution in [-0.4, -0.2) is 41.6 Å². The summed E-state index contributed by atoms with van der Waals surface area (Å²) in [5.74, 6) is 0.121. The first-order chi connectivity index (χ1) is 15.1. The van der Waals surface area contributed by atoms with Crippen molar-refractivity contribution in [3.8, 4) is 0 Å². The van der Waals surface area contributed by atoms with E-state index in [0.29, 0.717) is 44.0 Å². The second-order valence-corrected chi connectivity index (χ2v) is 11.9. The van der Waals surface area contributed by atoms with Crippen LogP contribution in [0.2, 0.25) is 0 Å². The molecule has 1 spiro atoms. The zero-order valence-electron chi connectivity index (χ0n) is 19.7. The molecular weight excluding hydrogens is 408 g/mol. The minimum absolute atomic E-state index is 0.0247. The van der Waals surface area contributed by atoms with E-state index >= 15 is 0 Å². The number of rotatable bonds is 4. The number of fused-ring (bicyclic) bond motifs is 5. The van der Waals surface area contributed by atoms with Crippen molar-refractivity contribution in [3.05, 3.63) is 0 Å². The number of Topliss-reactive ketones (excluding diaryl/α,β-unsaturated/α-hetero) is 2. The molecule has 0 unspecified atom stereocenters. The molecule has 0 amide bonds. The molecule has 0 aromatic rings. The highest BCUT2D eigenvalue weighted by molar-refractivity contribution is 5.92. The van der Waals surface area contributed by atoms with Crippen LogP contribution in [0.4, 0.5) is 0 Å². The highest BCUT2D eigenvalue weighted by Crippen LogP contribution is 2.67. The molecule has 1 N–H and O–H groups in total. The van der Waals surface area contributed by atoms with E-state index in [-0.39, 0.29) is 47.3 Å². The Morgan fingerprint density at radius 1 is 1.09 bits per heavy atom. The number of carboxylic acids is 1. The van der Waals surface area contributed by atoms with E-state index in [0.717, 1.165) is 32.1 Å². The summed E-state index contributed by atoms with van der Waals surface area (Å²) in [4.78, 5) is 38.6. The molecule has 4 saturated carbocycles. The summed E-state index contributed by atoms with van der Waals surface area (Å²) < 4.78 is 12.0. The summed E-state index contributed by atoms with van der Waals surface area (Å²) in [6.45, 7) is 7.78. The number of carboxylic acid groups (broad SMARTS) is 1. The zero-order valence-corrected chi connectivity index (χ0v) is 19.7. The summed E-state index contributed by atoms with van der Waals surface area (Å²) in [5.41, 5.74) is -0.519. The zero-order chi connectivity index (χ0) is 22.9. The Bertz CT molecular complexity index is 815. The number of carbonyl (C=O) groups excluding carboxylic acids is 2. The lowest BCUT2D eigenvalue weighted by molar-refractivity contribution is -0.225. The third-order valence-corrected chi connectivity index (χ3v) is 10.7. The van der Waals surface area contributed by atoms with Crippen LogP contribution in [0.5, 0.6) is 0 Å². The van der Waals surface area contributed by atoms with Crippen molar-refractivity contribution in [2.45, 2.75) is 84.3 Å². The molecule has 5 aliphatic rings. The smallest absolute Gasteiger partial charge is 0.303 e. The molecule has 6 heteroatoms. The average Bonchev–Trinajstić information content (AvgIpc) is 3.34. The minimum atomic E-state index is -0.779. The van der Waals surface area contributed by atoms with E-state index in [9.17, 15) is 14.4 Å². The monoisotopic (exact) mass is 446 g/mol. The van der Waals surface area contributed by atoms with Crippen LogP contribution in [0, 0.1) is 46.3 Å². The molecule has 0 aromatic carbocycles. The maximum atomic E-state index is 13.8. The van der Waals surface area contributed by atoms with Crippen LogP contribution in [0.15, 0.2) is 0 Å². The Labute approximate surface area is 190 Å². The molecule has 1 heterocycles. The molecule has 178 valence electrons. The van der Waals surface area contributed by atoms with Crippen LogP contribution >= 0.6 is 0 Å². The highest BCUT2D eigenvalue weighted by atomic mass is 16.7. The lowest BCUT2D eigenvalue weighted by atomic mass is 9.43. The van der Waals surface area contributed by atoms with Gasteiger partial charge in [0.15, 0.2) is 5.79 Å². The number of aliphatic carboxylic acids is 1. The number of carbonyl (C=O) groups is 3. The normalized spacial score (nSPS) is 45.9. The van der Waals surface area contributed by atoms with Crippen molar-refractivity contribution in [2.24, 2.45) is 46.3 Å². The number of ketones is 2. The second kappa shape index (κ2) is 7.63. The third kappa shape index (κ3) is 3.15. The summed E-state index contributed by atoms with van der Waals surface area (Å²) in [5, 5.41) is 9.13. The van der Waals surface area contributed by atoms with Gasteiger partial charge < -0.3 is 14.6 Å². The molecule has 32 heavy (non-hydrogen) atoms. The summed E-state index contributed by atoms with van der Waals surface area (Å²) in [7, 11) is 0. The van der Waals surface area contributed by atoms with Crippen LogP contribution in [0.3, 0.4) is 0 Å². The first kappa shape index (κ1) is 22.5. The van der Waals surface area contributed by atoms with Crippen molar-refractivity contribution in [3.63, 3.8) is 0 Å². The summed E-state index contributed by atoms with van der Waals surface area (Å²) in [6.07, 6.45) is 6.21. The molecule has 8 atom stereocenters. The second-order valence-electron chi connectivity index (χ2n) is 11.9. The first-order valence-corrected chi connectivity index (χ1v) is 12.7. The van der Waals surface area contributed by atoms with Crippen molar-refractivity contribution in [2.75, 3.05) is 13.2 Å². The van der Waals surface area contributed by atoms with Crippen LogP contribution in [0.1, 0.15) is 78.6 Å². The van der Waals surface area contributed by atoms with Gasteiger partial charge in [-0.1, -0.05) is 20.8 Å². The molecule has 5 rings (SSSR count). The molecule has 4 aliphatic carbocycles. The lowest BCUT2D eigenvalue weighted by Crippen LogP contribution is -2.61. The fourth-order valence-corrected chi connectivity index (χ4v) is 8.85. The van der Waals surface area contributed by atoms with Crippen LogP contribution in [0.25, 0.3) is 0 Å². The van der Waals surface area contributed by atoms with Gasteiger partial charge in [-0.05, 0) is 60.7 Å². The third-order valence-electron chi connectivity index (χ3n) is 10.7. The molecule has 0 radical (unpaired) electrons. The van der Waals surface area contributed by atoms with Crippen molar-refractivity contribution < 1.29 is 29.0 Å². The predicted molar refractivity (Wildman–Crippen MR) is 117 cm³/mol. The maximum absolute atomic E-state index is 13.8. The van der Waals surface area contributed by atoms with Gasteiger partial charge in [0.2, 0.25) is 0 Å². The van der Waals surface area contributed by atoms with Crippen molar-refractivity contribution >= 4 is 17.5 Å². The van der Waals surface area contributed by atoms with Gasteiger partial charge in [-0.15, -0.1) is 0 Å². The van der Waals surface area contributed by atoms with Crippen LogP contribution < -0.4 is 0 Å². The van der Waals surface area contributed by atoms with Gasteiger partial charge >= 0.3 is 5.97 Å². The minimum Gasteiger partial charge on any atom is -0.481 e. The predicted octanol–water partition coefficient (Wildman–Crippen LogP) is 4.25. The Morgan fingerprint density at radius 3 is 2.50 bits per heavy atom. The SMILES string of the molecule is C[C@@H](CCC(=O)O)[C@H]1CC[C@@H]2[C@@H]3C(=O)C[C@@H]4CC5(CC[C@]4(C)[C@H]3CC(=O)[C@@]21C)OCCO5. The van der Waals surface area contributed by atoms with Gasteiger partial charge in [0.1, 0.15) is 11.6 Å². The van der Waals surface area contributed by atoms with Gasteiger partial charge in [-0.2, -0.15) is 0 Å². The standard InChI is InChI=1S/C26H38O6/c1-15(4-7-22(29)30)17-5-6-18-23-19(13-21(28)25(17,18)3)24(2)8-9-26(31-10-11-32-26)14-16(24)12-20(23)27/h15-19,23H,4-14H2,1-3H3,(H,29,30)/t15-,16+,17+,18+,19-,23-,24-,25+/m0/s1. The number of hydrogen-bond donors (Lipinski definition) is 1. The summed E-state index contributed by atoms with van der Waals surface area (Å²) >= 11 is 0. The van der Waals surface area contributed by atoms with E-state index in [1.807, 2.05) is 0 Å². The highest BCUT2D eigenvalue weighted by Gasteiger charge is 2.67. The number of ether oxygens (including phenoxy) is 2.